The molecule has 2 aromatic heterocycles. The summed E-state index contributed by atoms with van der Waals surface area (Å²) in [7, 11) is 1.60. The molecule has 0 radical (unpaired) electrons. The molecule has 1 unspecified atom stereocenters. The highest BCUT2D eigenvalue weighted by molar-refractivity contribution is 6.39. The van der Waals surface area contributed by atoms with E-state index in [1.807, 2.05) is 16.7 Å². The van der Waals surface area contributed by atoms with Gasteiger partial charge in [0.15, 0.2) is 11.5 Å². The van der Waals surface area contributed by atoms with Gasteiger partial charge in [-0.05, 0) is 42.5 Å². The lowest BCUT2D eigenvalue weighted by atomic mass is 10.1. The van der Waals surface area contributed by atoms with E-state index in [0.717, 1.165) is 0 Å². The van der Waals surface area contributed by atoms with Gasteiger partial charge in [-0.15, -0.1) is 0 Å². The van der Waals surface area contributed by atoms with E-state index in [2.05, 4.69) is 20.1 Å². The summed E-state index contributed by atoms with van der Waals surface area (Å²) >= 11 is 5.98. The molecule has 3 N–H and O–H groups in total. The number of pyridine rings is 1. The normalized spacial score (nSPS) is 16.8. The van der Waals surface area contributed by atoms with Crippen molar-refractivity contribution >= 4 is 40.5 Å². The molecule has 11 nitrogen and oxygen atoms in total. The highest BCUT2D eigenvalue weighted by Crippen LogP contribution is 2.45. The zero-order valence-corrected chi connectivity index (χ0v) is 21.9. The van der Waals surface area contributed by atoms with Crippen LogP contribution in [0.15, 0.2) is 64.8 Å². The lowest BCUT2D eigenvalue weighted by molar-refractivity contribution is -0.0718. The van der Waals surface area contributed by atoms with E-state index < -0.39 is 11.8 Å². The van der Waals surface area contributed by atoms with Gasteiger partial charge in [-0.2, -0.15) is 5.10 Å². The molecule has 200 valence electrons. The van der Waals surface area contributed by atoms with E-state index in [0.29, 0.717) is 63.5 Å². The summed E-state index contributed by atoms with van der Waals surface area (Å²) in [5.74, 6) is 5.19. The second kappa shape index (κ2) is 10.7. The average Bonchev–Trinajstić information content (AvgIpc) is 3.47. The van der Waals surface area contributed by atoms with Crippen molar-refractivity contribution in [1.82, 2.24) is 14.5 Å². The van der Waals surface area contributed by atoms with E-state index in [1.165, 1.54) is 18.5 Å². The van der Waals surface area contributed by atoms with Crippen molar-refractivity contribution in [3.05, 3.63) is 82.4 Å². The predicted molar refractivity (Wildman–Crippen MR) is 146 cm³/mol. The lowest BCUT2D eigenvalue weighted by Gasteiger charge is -2.22. The number of carboxylic acids is 1. The first-order valence-electron chi connectivity index (χ1n) is 12.0. The molecule has 4 aromatic rings. The zero-order chi connectivity index (χ0) is 27.6. The maximum absolute atomic E-state index is 11.5. The van der Waals surface area contributed by atoms with E-state index >= 15 is 0 Å². The standard InChI is InChI=1S/C27H25ClN6O5/c1-27(23-9-7-17(28)13-31-23)38-22-5-3-4-18(25(22)39-27)20(33-29)14-30-15-24-32-19-8-6-16(26(35)36)12-21(19)34(24)10-11-37-2/h3-9,12-14H,10-11,15,29H2,1-2H3,(H,35,36). The summed E-state index contributed by atoms with van der Waals surface area (Å²) in [5, 5.41) is 13.8. The second-order valence-corrected chi connectivity index (χ2v) is 9.25. The molecule has 1 atom stereocenters. The number of rotatable bonds is 9. The van der Waals surface area contributed by atoms with Gasteiger partial charge in [0.05, 0.1) is 41.0 Å². The number of aromatic carboxylic acids is 1. The van der Waals surface area contributed by atoms with Gasteiger partial charge in [-0.3, -0.25) is 9.98 Å². The first kappa shape index (κ1) is 26.1. The minimum Gasteiger partial charge on any atom is -0.478 e. The van der Waals surface area contributed by atoms with E-state index in [-0.39, 0.29) is 12.1 Å². The van der Waals surface area contributed by atoms with Crippen molar-refractivity contribution in [2.24, 2.45) is 15.9 Å². The zero-order valence-electron chi connectivity index (χ0n) is 21.2. The molecule has 0 bridgehead atoms. The molecule has 0 fully saturated rings. The maximum atomic E-state index is 11.5. The van der Waals surface area contributed by atoms with Crippen molar-refractivity contribution in [1.29, 1.82) is 0 Å². The van der Waals surface area contributed by atoms with Crippen LogP contribution < -0.4 is 15.3 Å². The van der Waals surface area contributed by atoms with Crippen LogP contribution in [-0.2, 0) is 23.6 Å². The lowest BCUT2D eigenvalue weighted by Crippen LogP contribution is -2.32. The Labute approximate surface area is 228 Å². The number of imidazole rings is 1. The number of hydrazone groups is 1. The SMILES string of the molecule is COCCn1c(CN=CC(=NN)c2cccc3c2OC(C)(c2ccc(Cl)cn2)O3)nc2ccc(C(=O)O)cc21. The number of ether oxygens (including phenoxy) is 3. The molecule has 0 saturated carbocycles. The van der Waals surface area contributed by atoms with Crippen molar-refractivity contribution in [2.75, 3.05) is 13.7 Å². The van der Waals surface area contributed by atoms with Crippen LogP contribution in [0.1, 0.15) is 34.4 Å². The van der Waals surface area contributed by atoms with Gasteiger partial charge in [0.1, 0.15) is 17.2 Å². The first-order valence-corrected chi connectivity index (χ1v) is 12.3. The van der Waals surface area contributed by atoms with Crippen LogP contribution in [0, 0.1) is 0 Å². The van der Waals surface area contributed by atoms with Gasteiger partial charge >= 0.3 is 5.97 Å². The number of methoxy groups -OCH3 is 1. The molecule has 39 heavy (non-hydrogen) atoms. The van der Waals surface area contributed by atoms with Crippen LogP contribution >= 0.6 is 11.6 Å². The first-order chi connectivity index (χ1) is 18.8. The molecule has 1 aliphatic heterocycles. The summed E-state index contributed by atoms with van der Waals surface area (Å²) in [4.78, 5) is 25.0. The molecule has 3 heterocycles. The van der Waals surface area contributed by atoms with Gasteiger partial charge in [0.2, 0.25) is 0 Å². The van der Waals surface area contributed by atoms with E-state index in [9.17, 15) is 9.90 Å². The number of carboxylic acid groups (broad SMARTS) is 1. The number of hydrogen-bond acceptors (Lipinski definition) is 9. The summed E-state index contributed by atoms with van der Waals surface area (Å²) < 4.78 is 19.5. The van der Waals surface area contributed by atoms with Crippen molar-refractivity contribution in [2.45, 2.75) is 25.8 Å². The summed E-state index contributed by atoms with van der Waals surface area (Å²) in [5.41, 5.74) is 3.04. The van der Waals surface area contributed by atoms with Gasteiger partial charge < -0.3 is 29.7 Å². The Morgan fingerprint density at radius 2 is 2.10 bits per heavy atom. The number of nitrogens with zero attached hydrogens (tertiary/aromatic N) is 5. The number of carbonyl (C=O) groups is 1. The highest BCUT2D eigenvalue weighted by atomic mass is 35.5. The van der Waals surface area contributed by atoms with Crippen molar-refractivity contribution < 1.29 is 24.1 Å². The third-order valence-electron chi connectivity index (χ3n) is 6.23. The third-order valence-corrected chi connectivity index (χ3v) is 6.45. The van der Waals surface area contributed by atoms with Gasteiger partial charge in [0, 0.05) is 32.3 Å². The maximum Gasteiger partial charge on any atom is 0.335 e. The van der Waals surface area contributed by atoms with Crippen molar-refractivity contribution in [3.8, 4) is 11.5 Å². The second-order valence-electron chi connectivity index (χ2n) is 8.81. The Balaban J connectivity index is 1.41. The largest absolute Gasteiger partial charge is 0.478 e. The number of aromatic nitrogens is 3. The third kappa shape index (κ3) is 5.14. The van der Waals surface area contributed by atoms with Gasteiger partial charge in [0.25, 0.3) is 5.79 Å². The molecular formula is C27H25ClN6O5. The number of hydrogen-bond donors (Lipinski definition) is 2. The molecule has 0 spiro atoms. The average molecular weight is 549 g/mol. The Morgan fingerprint density at radius 1 is 1.26 bits per heavy atom. The Morgan fingerprint density at radius 3 is 2.82 bits per heavy atom. The fraction of sp³-hybridized carbons (Fsp3) is 0.222. The number of benzene rings is 2. The molecule has 12 heteroatoms. The Kier molecular flexibility index (Phi) is 7.18. The van der Waals surface area contributed by atoms with Crippen LogP contribution in [-0.4, -0.2) is 51.3 Å². The summed E-state index contributed by atoms with van der Waals surface area (Å²) in [6.07, 6.45) is 3.07. The van der Waals surface area contributed by atoms with Crippen LogP contribution in [0.4, 0.5) is 0 Å². The molecule has 0 saturated heterocycles. The minimum absolute atomic E-state index is 0.176. The summed E-state index contributed by atoms with van der Waals surface area (Å²) in [6, 6.07) is 13.7. The fourth-order valence-corrected chi connectivity index (χ4v) is 4.43. The molecular weight excluding hydrogens is 524 g/mol. The Hall–Kier alpha value is -4.48. The van der Waals surface area contributed by atoms with Crippen LogP contribution in [0.5, 0.6) is 11.5 Å². The molecule has 2 aromatic carbocycles. The number of halogens is 1. The molecule has 0 aliphatic carbocycles. The number of nitrogens with two attached hydrogens (primary N) is 1. The minimum atomic E-state index is -1.17. The van der Waals surface area contributed by atoms with Gasteiger partial charge in [-0.1, -0.05) is 17.7 Å². The highest BCUT2D eigenvalue weighted by Gasteiger charge is 2.41. The predicted octanol–water partition coefficient (Wildman–Crippen LogP) is 4.01. The Bertz CT molecular complexity index is 1600. The topological polar surface area (TPSA) is 146 Å². The van der Waals surface area contributed by atoms with Crippen molar-refractivity contribution in [3.63, 3.8) is 0 Å². The number of fused-ring (bicyclic) bond motifs is 2. The quantitative estimate of drug-likeness (QED) is 0.181. The van der Waals surface area contributed by atoms with E-state index in [1.54, 1.807) is 44.4 Å². The van der Waals surface area contributed by atoms with Crippen LogP contribution in [0.2, 0.25) is 5.02 Å². The van der Waals surface area contributed by atoms with E-state index in [4.69, 9.17) is 31.7 Å². The van der Waals surface area contributed by atoms with Crippen LogP contribution in [0.3, 0.4) is 0 Å². The fourth-order valence-electron chi connectivity index (χ4n) is 4.32. The number of para-hydroxylation sites is 1. The van der Waals surface area contributed by atoms with Gasteiger partial charge in [-0.25, -0.2) is 9.78 Å². The van der Waals surface area contributed by atoms with Crippen LogP contribution in [0.25, 0.3) is 11.0 Å². The smallest absolute Gasteiger partial charge is 0.335 e. The number of aliphatic imine (C=N–C) groups is 1. The molecule has 0 amide bonds. The molecule has 1 aliphatic rings. The monoisotopic (exact) mass is 548 g/mol. The molecule has 5 rings (SSSR count). The summed E-state index contributed by atoms with van der Waals surface area (Å²) in [6.45, 7) is 2.86.